The first-order valence-electron chi connectivity index (χ1n) is 3.77. The molecule has 0 aliphatic rings. The Balaban J connectivity index is 2.69. The summed E-state index contributed by atoms with van der Waals surface area (Å²) >= 11 is 0. The summed E-state index contributed by atoms with van der Waals surface area (Å²) in [5, 5.41) is 8.54. The van der Waals surface area contributed by atoms with Gasteiger partial charge in [0, 0.05) is 12.4 Å². The quantitative estimate of drug-likeness (QED) is 0.589. The average molecular weight is 181 g/mol. The highest BCUT2D eigenvalue weighted by atomic mass is 16.4. The molecule has 5 N–H and O–H groups in total. The maximum absolute atomic E-state index is 10.4. The summed E-state index contributed by atoms with van der Waals surface area (Å²) in [6, 6.07) is 0.763. The zero-order chi connectivity index (χ0) is 9.84. The van der Waals surface area contributed by atoms with E-state index in [1.807, 2.05) is 0 Å². The molecular weight excluding hydrogens is 170 g/mol. The molecule has 1 aromatic heterocycles. The number of hydrogen-bond acceptors (Lipinski definition) is 4. The van der Waals surface area contributed by atoms with Crippen LogP contribution in [0.5, 0.6) is 0 Å². The molecule has 0 saturated carbocycles. The van der Waals surface area contributed by atoms with Gasteiger partial charge in [0.05, 0.1) is 5.69 Å². The third kappa shape index (κ3) is 2.72. The number of aromatic nitrogens is 1. The lowest BCUT2D eigenvalue weighted by Gasteiger charge is -2.05. The van der Waals surface area contributed by atoms with E-state index >= 15 is 0 Å². The fourth-order valence-electron chi connectivity index (χ4n) is 0.961. The average Bonchev–Trinajstić information content (AvgIpc) is 2.04. The van der Waals surface area contributed by atoms with Gasteiger partial charge in [-0.15, -0.1) is 0 Å². The van der Waals surface area contributed by atoms with Gasteiger partial charge in [0.1, 0.15) is 6.04 Å². The molecule has 0 radical (unpaired) electrons. The molecule has 5 nitrogen and oxygen atoms in total. The SMILES string of the molecule is Nc1cncc(C[C@@H](N)C(=O)O)c1. The van der Waals surface area contributed by atoms with Gasteiger partial charge in [-0.1, -0.05) is 0 Å². The summed E-state index contributed by atoms with van der Waals surface area (Å²) in [6.45, 7) is 0. The molecule has 0 unspecified atom stereocenters. The molecule has 5 heteroatoms. The van der Waals surface area contributed by atoms with Gasteiger partial charge < -0.3 is 16.6 Å². The van der Waals surface area contributed by atoms with Crippen LogP contribution in [0.3, 0.4) is 0 Å². The van der Waals surface area contributed by atoms with Crippen LogP contribution in [0, 0.1) is 0 Å². The molecule has 0 aromatic carbocycles. The maximum atomic E-state index is 10.4. The Kier molecular flexibility index (Phi) is 2.81. The van der Waals surface area contributed by atoms with Crippen molar-refractivity contribution in [2.24, 2.45) is 5.73 Å². The van der Waals surface area contributed by atoms with E-state index in [1.54, 1.807) is 12.3 Å². The van der Waals surface area contributed by atoms with Crippen molar-refractivity contribution >= 4 is 11.7 Å². The minimum absolute atomic E-state index is 0.243. The van der Waals surface area contributed by atoms with Gasteiger partial charge in [-0.3, -0.25) is 9.78 Å². The Morgan fingerprint density at radius 2 is 2.31 bits per heavy atom. The largest absolute Gasteiger partial charge is 0.480 e. The van der Waals surface area contributed by atoms with E-state index in [-0.39, 0.29) is 6.42 Å². The van der Waals surface area contributed by atoms with E-state index in [1.165, 1.54) is 6.20 Å². The molecule has 1 heterocycles. The highest BCUT2D eigenvalue weighted by Gasteiger charge is 2.11. The molecule has 1 rings (SSSR count). The van der Waals surface area contributed by atoms with Gasteiger partial charge in [-0.05, 0) is 18.1 Å². The van der Waals surface area contributed by atoms with E-state index in [4.69, 9.17) is 16.6 Å². The zero-order valence-electron chi connectivity index (χ0n) is 6.97. The van der Waals surface area contributed by atoms with Crippen LogP contribution in [0.4, 0.5) is 5.69 Å². The number of nitrogens with zero attached hydrogens (tertiary/aromatic N) is 1. The Hall–Kier alpha value is -1.62. The highest BCUT2D eigenvalue weighted by Crippen LogP contribution is 2.05. The molecule has 0 saturated heterocycles. The highest BCUT2D eigenvalue weighted by molar-refractivity contribution is 5.73. The van der Waals surface area contributed by atoms with Crippen molar-refractivity contribution in [1.82, 2.24) is 4.98 Å². The summed E-state index contributed by atoms with van der Waals surface area (Å²) in [6.07, 6.45) is 3.29. The first-order chi connectivity index (χ1) is 6.09. The lowest BCUT2D eigenvalue weighted by molar-refractivity contribution is -0.138. The van der Waals surface area contributed by atoms with Gasteiger partial charge in [0.2, 0.25) is 0 Å². The van der Waals surface area contributed by atoms with Crippen molar-refractivity contribution in [2.75, 3.05) is 5.73 Å². The zero-order valence-corrected chi connectivity index (χ0v) is 6.97. The second-order valence-corrected chi connectivity index (χ2v) is 2.78. The Bertz CT molecular complexity index is 314. The van der Waals surface area contributed by atoms with E-state index in [9.17, 15) is 4.79 Å². The van der Waals surface area contributed by atoms with Crippen LogP contribution in [-0.4, -0.2) is 22.1 Å². The van der Waals surface area contributed by atoms with Crippen LogP contribution in [0.25, 0.3) is 0 Å². The monoisotopic (exact) mass is 181 g/mol. The standard InChI is InChI=1S/C8H11N3O2/c9-6-1-5(3-11-4-6)2-7(10)8(12)13/h1,3-4,7H,2,9-10H2,(H,12,13)/t7-/m1/s1. The van der Waals surface area contributed by atoms with Crippen LogP contribution in [0.15, 0.2) is 18.5 Å². The van der Waals surface area contributed by atoms with E-state index in [2.05, 4.69) is 4.98 Å². The number of aliphatic carboxylic acids is 1. The maximum Gasteiger partial charge on any atom is 0.320 e. The topological polar surface area (TPSA) is 102 Å². The Morgan fingerprint density at radius 1 is 1.62 bits per heavy atom. The van der Waals surface area contributed by atoms with Gasteiger partial charge in [-0.2, -0.15) is 0 Å². The number of carbonyl (C=O) groups is 1. The fraction of sp³-hybridized carbons (Fsp3) is 0.250. The van der Waals surface area contributed by atoms with Crippen molar-refractivity contribution in [3.63, 3.8) is 0 Å². The number of anilines is 1. The first kappa shape index (κ1) is 9.47. The molecule has 0 aliphatic carbocycles. The third-order valence-electron chi connectivity index (χ3n) is 1.59. The van der Waals surface area contributed by atoms with Crippen LogP contribution in [0.1, 0.15) is 5.56 Å². The third-order valence-corrected chi connectivity index (χ3v) is 1.59. The normalized spacial score (nSPS) is 12.4. The van der Waals surface area contributed by atoms with Crippen LogP contribution in [-0.2, 0) is 11.2 Å². The smallest absolute Gasteiger partial charge is 0.320 e. The molecule has 1 atom stereocenters. The summed E-state index contributed by atoms with van der Waals surface area (Å²) in [7, 11) is 0. The van der Waals surface area contributed by atoms with Crippen molar-refractivity contribution in [3.8, 4) is 0 Å². The van der Waals surface area contributed by atoms with E-state index in [0.29, 0.717) is 5.69 Å². The fourth-order valence-corrected chi connectivity index (χ4v) is 0.961. The number of rotatable bonds is 3. The van der Waals surface area contributed by atoms with Gasteiger partial charge >= 0.3 is 5.97 Å². The molecule has 0 fully saturated rings. The summed E-state index contributed by atoms with van der Waals surface area (Å²) in [5.74, 6) is -1.03. The van der Waals surface area contributed by atoms with Gasteiger partial charge in [0.25, 0.3) is 0 Å². The van der Waals surface area contributed by atoms with Crippen molar-refractivity contribution in [1.29, 1.82) is 0 Å². The minimum atomic E-state index is -1.03. The number of nitrogen functional groups attached to an aromatic ring is 1. The summed E-state index contributed by atoms with van der Waals surface area (Å²) in [5.41, 5.74) is 12.0. The van der Waals surface area contributed by atoms with Crippen LogP contribution in [0.2, 0.25) is 0 Å². The minimum Gasteiger partial charge on any atom is -0.480 e. The van der Waals surface area contributed by atoms with Crippen LogP contribution >= 0.6 is 0 Å². The van der Waals surface area contributed by atoms with Crippen molar-refractivity contribution in [3.05, 3.63) is 24.0 Å². The molecule has 13 heavy (non-hydrogen) atoms. The number of carboxylic acids is 1. The molecule has 0 aliphatic heterocycles. The molecule has 0 bridgehead atoms. The summed E-state index contributed by atoms with van der Waals surface area (Å²) in [4.78, 5) is 14.2. The van der Waals surface area contributed by atoms with Gasteiger partial charge in [-0.25, -0.2) is 0 Å². The van der Waals surface area contributed by atoms with Crippen LogP contribution < -0.4 is 11.5 Å². The second kappa shape index (κ2) is 3.86. The van der Waals surface area contributed by atoms with Crippen molar-refractivity contribution in [2.45, 2.75) is 12.5 Å². The lowest BCUT2D eigenvalue weighted by Crippen LogP contribution is -2.32. The molecule has 1 aromatic rings. The number of nitrogens with two attached hydrogens (primary N) is 2. The molecule has 70 valence electrons. The molecule has 0 amide bonds. The number of pyridine rings is 1. The number of carboxylic acid groups (broad SMARTS) is 1. The molecule has 0 spiro atoms. The number of hydrogen-bond donors (Lipinski definition) is 3. The second-order valence-electron chi connectivity index (χ2n) is 2.78. The van der Waals surface area contributed by atoms with E-state index < -0.39 is 12.0 Å². The van der Waals surface area contributed by atoms with Crippen molar-refractivity contribution < 1.29 is 9.90 Å². The summed E-state index contributed by atoms with van der Waals surface area (Å²) < 4.78 is 0. The predicted molar refractivity (Wildman–Crippen MR) is 48.0 cm³/mol. The predicted octanol–water partition coefficient (Wildman–Crippen LogP) is -0.382. The van der Waals surface area contributed by atoms with E-state index in [0.717, 1.165) is 5.56 Å². The first-order valence-corrected chi connectivity index (χ1v) is 3.77. The Morgan fingerprint density at radius 3 is 2.85 bits per heavy atom. The Labute approximate surface area is 75.4 Å². The van der Waals surface area contributed by atoms with Gasteiger partial charge in [0.15, 0.2) is 0 Å². The lowest BCUT2D eigenvalue weighted by atomic mass is 10.1. The molecular formula is C8H11N3O2.